The van der Waals surface area contributed by atoms with Crippen molar-refractivity contribution in [2.45, 2.75) is 25.3 Å². The van der Waals surface area contributed by atoms with Crippen molar-refractivity contribution in [2.75, 3.05) is 46.3 Å². The fourth-order valence-corrected chi connectivity index (χ4v) is 2.54. The molecule has 0 aromatic carbocycles. The third-order valence-electron chi connectivity index (χ3n) is 3.91. The van der Waals surface area contributed by atoms with Gasteiger partial charge in [0.05, 0.1) is 12.3 Å². The number of urea groups is 1. The quantitative estimate of drug-likeness (QED) is 0.357. The number of rotatable bonds is 9. The zero-order valence-corrected chi connectivity index (χ0v) is 13.8. The molecule has 1 heterocycles. The molecule has 0 aromatic rings. The molecule has 0 saturated carbocycles. The van der Waals surface area contributed by atoms with Crippen molar-refractivity contribution in [1.29, 1.82) is 0 Å². The Morgan fingerprint density at radius 1 is 1.17 bits per heavy atom. The molecule has 0 aliphatic carbocycles. The smallest absolute Gasteiger partial charge is 0.320 e. The minimum Gasteiger partial charge on any atom is -0.512 e. The van der Waals surface area contributed by atoms with Crippen LogP contribution in [0.2, 0.25) is 0 Å². The van der Waals surface area contributed by atoms with Crippen LogP contribution in [-0.2, 0) is 4.79 Å². The van der Waals surface area contributed by atoms with E-state index in [0.29, 0.717) is 32.6 Å². The number of carboxylic acids is 1. The van der Waals surface area contributed by atoms with E-state index in [1.54, 1.807) is 11.9 Å². The maximum atomic E-state index is 12.0. The van der Waals surface area contributed by atoms with E-state index >= 15 is 0 Å². The summed E-state index contributed by atoms with van der Waals surface area (Å²) in [6.45, 7) is 7.15. The standard InChI is InChI=1S/C15H28N4O4/c1-12(20)11-18-7-9-19(10-8-18)15(23)17-6-4-3-5-13(16-2)14(21)22/h13,16,20H,1,3-11H2,2H3,(H,17,23)(H,21,22)/t13-/m0/s1. The van der Waals surface area contributed by atoms with Crippen LogP contribution in [0.1, 0.15) is 19.3 Å². The first kappa shape index (κ1) is 19.2. The van der Waals surface area contributed by atoms with Crippen molar-refractivity contribution in [2.24, 2.45) is 0 Å². The second-order valence-corrected chi connectivity index (χ2v) is 5.74. The van der Waals surface area contributed by atoms with Crippen LogP contribution in [0, 0.1) is 0 Å². The largest absolute Gasteiger partial charge is 0.512 e. The van der Waals surface area contributed by atoms with Crippen LogP contribution in [0.15, 0.2) is 12.3 Å². The van der Waals surface area contributed by atoms with Crippen molar-refractivity contribution < 1.29 is 19.8 Å². The van der Waals surface area contributed by atoms with Crippen molar-refractivity contribution in [3.05, 3.63) is 12.3 Å². The lowest BCUT2D eigenvalue weighted by Gasteiger charge is -2.34. The summed E-state index contributed by atoms with van der Waals surface area (Å²) < 4.78 is 0. The molecule has 1 aliphatic rings. The number of carbonyl (C=O) groups excluding carboxylic acids is 1. The number of amides is 2. The fourth-order valence-electron chi connectivity index (χ4n) is 2.54. The van der Waals surface area contributed by atoms with Gasteiger partial charge < -0.3 is 25.7 Å². The number of nitrogens with zero attached hydrogens (tertiary/aromatic N) is 2. The minimum atomic E-state index is -0.847. The van der Waals surface area contributed by atoms with Crippen LogP contribution in [-0.4, -0.2) is 84.4 Å². The molecule has 4 N–H and O–H groups in total. The molecule has 1 rings (SSSR count). The molecule has 1 saturated heterocycles. The van der Waals surface area contributed by atoms with E-state index in [1.165, 1.54) is 0 Å². The average Bonchev–Trinajstić information content (AvgIpc) is 2.50. The second kappa shape index (κ2) is 10.1. The second-order valence-electron chi connectivity index (χ2n) is 5.74. The third-order valence-corrected chi connectivity index (χ3v) is 3.91. The number of aliphatic hydroxyl groups excluding tert-OH is 1. The topological polar surface area (TPSA) is 105 Å². The molecule has 0 unspecified atom stereocenters. The van der Waals surface area contributed by atoms with E-state index < -0.39 is 12.0 Å². The van der Waals surface area contributed by atoms with E-state index in [4.69, 9.17) is 10.2 Å². The number of piperazine rings is 1. The SMILES string of the molecule is C=C(O)CN1CCN(C(=O)NCCCC[C@H](NC)C(=O)O)CC1. The lowest BCUT2D eigenvalue weighted by molar-refractivity contribution is -0.139. The monoisotopic (exact) mass is 328 g/mol. The zero-order chi connectivity index (χ0) is 17.2. The van der Waals surface area contributed by atoms with Crippen LogP contribution < -0.4 is 10.6 Å². The van der Waals surface area contributed by atoms with Crippen molar-refractivity contribution in [3.8, 4) is 0 Å². The Morgan fingerprint density at radius 3 is 2.35 bits per heavy atom. The normalized spacial score (nSPS) is 16.8. The number of aliphatic carboxylic acids is 1. The van der Waals surface area contributed by atoms with Crippen molar-refractivity contribution >= 4 is 12.0 Å². The Labute approximate surface area is 137 Å². The van der Waals surface area contributed by atoms with Crippen LogP contribution in [0.4, 0.5) is 4.79 Å². The van der Waals surface area contributed by atoms with E-state index in [2.05, 4.69) is 22.1 Å². The summed E-state index contributed by atoms with van der Waals surface area (Å²) >= 11 is 0. The van der Waals surface area contributed by atoms with E-state index in [0.717, 1.165) is 25.9 Å². The predicted molar refractivity (Wildman–Crippen MR) is 87.5 cm³/mol. The van der Waals surface area contributed by atoms with Crippen LogP contribution in [0.25, 0.3) is 0 Å². The molecule has 132 valence electrons. The highest BCUT2D eigenvalue weighted by Gasteiger charge is 2.21. The van der Waals surface area contributed by atoms with Gasteiger partial charge in [-0.05, 0) is 26.3 Å². The highest BCUT2D eigenvalue weighted by molar-refractivity contribution is 5.74. The summed E-state index contributed by atoms with van der Waals surface area (Å²) in [7, 11) is 1.63. The molecule has 0 bridgehead atoms. The first-order valence-electron chi connectivity index (χ1n) is 7.96. The summed E-state index contributed by atoms with van der Waals surface area (Å²) in [5.74, 6) is -0.705. The van der Waals surface area contributed by atoms with Gasteiger partial charge >= 0.3 is 12.0 Å². The van der Waals surface area contributed by atoms with Gasteiger partial charge in [0.15, 0.2) is 0 Å². The van der Waals surface area contributed by atoms with E-state index in [9.17, 15) is 9.59 Å². The van der Waals surface area contributed by atoms with Crippen molar-refractivity contribution in [1.82, 2.24) is 20.4 Å². The van der Waals surface area contributed by atoms with E-state index in [-0.39, 0.29) is 11.8 Å². The van der Waals surface area contributed by atoms with Crippen molar-refractivity contribution in [3.63, 3.8) is 0 Å². The molecule has 23 heavy (non-hydrogen) atoms. The lowest BCUT2D eigenvalue weighted by Crippen LogP contribution is -2.52. The summed E-state index contributed by atoms with van der Waals surface area (Å²) in [5, 5.41) is 23.7. The maximum Gasteiger partial charge on any atom is 0.320 e. The molecule has 2 amide bonds. The summed E-state index contributed by atoms with van der Waals surface area (Å²) in [6.07, 6.45) is 2.04. The number of likely N-dealkylation sites (N-methyl/N-ethyl adjacent to an activating group) is 1. The zero-order valence-electron chi connectivity index (χ0n) is 13.8. The Morgan fingerprint density at radius 2 is 1.83 bits per heavy atom. The molecule has 1 atom stereocenters. The van der Waals surface area contributed by atoms with Crippen LogP contribution in [0.5, 0.6) is 0 Å². The summed E-state index contributed by atoms with van der Waals surface area (Å²) in [6, 6.07) is -0.615. The van der Waals surface area contributed by atoms with Gasteiger partial charge in [-0.1, -0.05) is 6.58 Å². The molecule has 1 aliphatic heterocycles. The van der Waals surface area contributed by atoms with Gasteiger partial charge in [-0.25, -0.2) is 4.79 Å². The predicted octanol–water partition coefficient (Wildman–Crippen LogP) is 0.228. The number of aliphatic hydroxyl groups is 1. The van der Waals surface area contributed by atoms with Gasteiger partial charge in [-0.15, -0.1) is 0 Å². The summed E-state index contributed by atoms with van der Waals surface area (Å²) in [4.78, 5) is 26.7. The minimum absolute atomic E-state index is 0.0872. The molecular weight excluding hydrogens is 300 g/mol. The van der Waals surface area contributed by atoms with Gasteiger partial charge in [0, 0.05) is 32.7 Å². The number of hydrogen-bond donors (Lipinski definition) is 4. The first-order chi connectivity index (χ1) is 10.9. The number of hydrogen-bond acceptors (Lipinski definition) is 5. The van der Waals surface area contributed by atoms with Crippen LogP contribution >= 0.6 is 0 Å². The number of unbranched alkanes of at least 4 members (excludes halogenated alkanes) is 1. The molecule has 0 radical (unpaired) electrons. The number of carboxylic acid groups (broad SMARTS) is 1. The lowest BCUT2D eigenvalue weighted by atomic mass is 10.1. The molecule has 8 heteroatoms. The Balaban J connectivity index is 2.13. The van der Waals surface area contributed by atoms with Gasteiger partial charge in [0.25, 0.3) is 0 Å². The Bertz CT molecular complexity index is 408. The molecule has 1 fully saturated rings. The fraction of sp³-hybridized carbons (Fsp3) is 0.733. The molecule has 8 nitrogen and oxygen atoms in total. The first-order valence-corrected chi connectivity index (χ1v) is 7.96. The molecular formula is C15H28N4O4. The highest BCUT2D eigenvalue weighted by atomic mass is 16.4. The van der Waals surface area contributed by atoms with E-state index in [1.807, 2.05) is 0 Å². The van der Waals surface area contributed by atoms with Gasteiger partial charge in [-0.2, -0.15) is 0 Å². The molecule has 0 aromatic heterocycles. The summed E-state index contributed by atoms with van der Waals surface area (Å²) in [5.41, 5.74) is 0. The average molecular weight is 328 g/mol. The maximum absolute atomic E-state index is 12.0. The third kappa shape index (κ3) is 7.34. The Kier molecular flexibility index (Phi) is 8.42. The molecule has 0 spiro atoms. The Hall–Kier alpha value is -1.80. The van der Waals surface area contributed by atoms with Gasteiger partial charge in [-0.3, -0.25) is 9.69 Å². The van der Waals surface area contributed by atoms with Gasteiger partial charge in [0.1, 0.15) is 6.04 Å². The van der Waals surface area contributed by atoms with Crippen LogP contribution in [0.3, 0.4) is 0 Å². The van der Waals surface area contributed by atoms with Gasteiger partial charge in [0.2, 0.25) is 0 Å². The number of nitrogens with one attached hydrogen (secondary N) is 2. The highest BCUT2D eigenvalue weighted by Crippen LogP contribution is 2.04. The number of carbonyl (C=O) groups is 2.